The van der Waals surface area contributed by atoms with Gasteiger partial charge < -0.3 is 29.6 Å². The number of rotatable bonds is 12. The number of nitrogens with two attached hydrogens (primary N) is 1. The molecule has 3 heterocycles. The van der Waals surface area contributed by atoms with Crippen molar-refractivity contribution in [3.8, 4) is 5.75 Å². The van der Waals surface area contributed by atoms with Gasteiger partial charge in [0.2, 0.25) is 5.95 Å². The molecule has 42 heavy (non-hydrogen) atoms. The summed E-state index contributed by atoms with van der Waals surface area (Å²) in [4.78, 5) is 24.7. The average molecular weight is 615 g/mol. The molecule has 3 aromatic rings. The number of benzene rings is 1. The molecule has 0 saturated carbocycles. The maximum absolute atomic E-state index is 16.2. The van der Waals surface area contributed by atoms with E-state index in [2.05, 4.69) is 20.0 Å². The van der Waals surface area contributed by atoms with Crippen molar-refractivity contribution >= 4 is 30.8 Å². The number of halogens is 2. The largest absolute Gasteiger partial charge is 0.462 e. The lowest BCUT2D eigenvalue weighted by Gasteiger charge is -2.28. The second-order valence-electron chi connectivity index (χ2n) is 10.1. The van der Waals surface area contributed by atoms with E-state index in [-0.39, 0.29) is 29.5 Å². The molecule has 4 N–H and O–H groups in total. The van der Waals surface area contributed by atoms with E-state index in [9.17, 15) is 14.5 Å². The molecule has 0 aliphatic carbocycles. The van der Waals surface area contributed by atoms with Gasteiger partial charge in [-0.25, -0.2) is 23.3 Å². The Balaban J connectivity index is 1.61. The number of anilines is 1. The third-order valence-corrected chi connectivity index (χ3v) is 7.86. The predicted molar refractivity (Wildman–Crippen MR) is 144 cm³/mol. The summed E-state index contributed by atoms with van der Waals surface area (Å²) in [5.41, 5.74) is 3.50. The molecule has 1 saturated heterocycles. The standard InChI is InChI=1S/C25H33F2N6O8P/c1-14(2)39-20(34)15(3)32-42(36,41-16-9-7-6-8-10-16)38-12-25(27)21(35)24(4,26)22(40-25)33-13-29-18-17(11-37-5)30-23(28)31-19(18)33/h6-10,13-15,21-22,35H,11-12H2,1-5H3,(H,32,36)(H2,28,30,31)/t15-,21-,22+,24+,25+,42?/m0/s1. The number of hydrogen-bond acceptors (Lipinski definition) is 12. The summed E-state index contributed by atoms with van der Waals surface area (Å²) in [6.07, 6.45) is -3.61. The maximum Gasteiger partial charge on any atom is 0.459 e. The normalized spacial score (nSPS) is 26.3. The number of para-hydroxylation sites is 1. The van der Waals surface area contributed by atoms with Gasteiger partial charge in [0.05, 0.1) is 24.7 Å². The van der Waals surface area contributed by atoms with Gasteiger partial charge in [-0.05, 0) is 39.8 Å². The third kappa shape index (κ3) is 6.53. The van der Waals surface area contributed by atoms with Gasteiger partial charge in [0.15, 0.2) is 23.6 Å². The van der Waals surface area contributed by atoms with E-state index < -0.39 is 56.3 Å². The average Bonchev–Trinajstić information content (AvgIpc) is 3.40. The van der Waals surface area contributed by atoms with E-state index in [0.29, 0.717) is 5.69 Å². The molecule has 1 aromatic carbocycles. The first kappa shape index (κ1) is 31.7. The van der Waals surface area contributed by atoms with E-state index in [1.807, 2.05) is 0 Å². The van der Waals surface area contributed by atoms with Crippen LogP contribution in [0.3, 0.4) is 0 Å². The highest BCUT2D eigenvalue weighted by atomic mass is 31.2. The van der Waals surface area contributed by atoms with Gasteiger partial charge in [0.25, 0.3) is 5.85 Å². The Morgan fingerprint density at radius 1 is 1.26 bits per heavy atom. The summed E-state index contributed by atoms with van der Waals surface area (Å²) in [5, 5.41) is 13.2. The topological polar surface area (TPSA) is 182 Å². The first-order valence-corrected chi connectivity index (χ1v) is 14.4. The number of aliphatic hydroxyl groups is 1. The Kier molecular flexibility index (Phi) is 9.16. The zero-order valence-electron chi connectivity index (χ0n) is 23.6. The molecular weight excluding hydrogens is 581 g/mol. The number of imidazole rings is 1. The Morgan fingerprint density at radius 3 is 2.60 bits per heavy atom. The molecule has 17 heteroatoms. The van der Waals surface area contributed by atoms with Gasteiger partial charge in [-0.3, -0.25) is 13.9 Å². The van der Waals surface area contributed by atoms with Crippen molar-refractivity contribution in [2.75, 3.05) is 19.5 Å². The van der Waals surface area contributed by atoms with Crippen molar-refractivity contribution in [3.05, 3.63) is 42.4 Å². The molecule has 2 aromatic heterocycles. The number of aromatic nitrogens is 4. The molecule has 230 valence electrons. The molecule has 1 aliphatic heterocycles. The van der Waals surface area contributed by atoms with Crippen LogP contribution in [0.15, 0.2) is 36.7 Å². The second kappa shape index (κ2) is 12.1. The van der Waals surface area contributed by atoms with Crippen molar-refractivity contribution in [2.24, 2.45) is 0 Å². The summed E-state index contributed by atoms with van der Waals surface area (Å²) in [7, 11) is -3.15. The first-order valence-electron chi connectivity index (χ1n) is 12.9. The van der Waals surface area contributed by atoms with Crippen LogP contribution in [0.5, 0.6) is 5.75 Å². The number of carbonyl (C=O) groups is 1. The summed E-state index contributed by atoms with van der Waals surface area (Å²) >= 11 is 0. The number of carbonyl (C=O) groups excluding carboxylic acids is 1. The van der Waals surface area contributed by atoms with Gasteiger partial charge in [0, 0.05) is 7.11 Å². The molecule has 6 atom stereocenters. The van der Waals surface area contributed by atoms with Crippen LogP contribution < -0.4 is 15.3 Å². The Labute approximate surface area is 240 Å². The fourth-order valence-electron chi connectivity index (χ4n) is 4.27. The number of nitrogens with zero attached hydrogens (tertiary/aromatic N) is 4. The Bertz CT molecular complexity index is 1460. The van der Waals surface area contributed by atoms with Gasteiger partial charge in [-0.15, -0.1) is 0 Å². The van der Waals surface area contributed by atoms with Crippen LogP contribution in [0.4, 0.5) is 14.7 Å². The van der Waals surface area contributed by atoms with Crippen molar-refractivity contribution in [1.82, 2.24) is 24.6 Å². The van der Waals surface area contributed by atoms with Crippen molar-refractivity contribution in [1.29, 1.82) is 0 Å². The first-order chi connectivity index (χ1) is 19.7. The van der Waals surface area contributed by atoms with E-state index in [1.165, 1.54) is 26.2 Å². The van der Waals surface area contributed by atoms with E-state index in [0.717, 1.165) is 17.8 Å². The fraction of sp³-hybridized carbons (Fsp3) is 0.520. The summed E-state index contributed by atoms with van der Waals surface area (Å²) in [6.45, 7) is 4.24. The number of nitrogens with one attached hydrogen (secondary N) is 1. The predicted octanol–water partition coefficient (Wildman–Crippen LogP) is 2.97. The maximum atomic E-state index is 16.2. The van der Waals surface area contributed by atoms with E-state index in [1.54, 1.807) is 32.0 Å². The molecule has 0 radical (unpaired) electrons. The minimum absolute atomic E-state index is 0.00182. The molecular formula is C25H33F2N6O8P. The molecule has 1 aliphatic rings. The van der Waals surface area contributed by atoms with Crippen LogP contribution in [0.25, 0.3) is 11.2 Å². The van der Waals surface area contributed by atoms with Crippen LogP contribution in [0.1, 0.15) is 39.6 Å². The number of methoxy groups -OCH3 is 1. The summed E-state index contributed by atoms with van der Waals surface area (Å²) in [6, 6.07) is 6.51. The number of alkyl halides is 2. The fourth-order valence-corrected chi connectivity index (χ4v) is 5.78. The lowest BCUT2D eigenvalue weighted by atomic mass is 9.97. The quantitative estimate of drug-likeness (QED) is 0.200. The summed E-state index contributed by atoms with van der Waals surface area (Å²) < 4.78 is 73.5. The SMILES string of the molecule is COCc1nc(N)nc2c1ncn2[C@@H]1O[C@](F)(COP(=O)(N[C@@H](C)C(=O)OC(C)C)Oc2ccccc2)[C@@H](O)[C@@]1(C)F. The monoisotopic (exact) mass is 614 g/mol. The molecule has 4 rings (SSSR count). The molecule has 14 nitrogen and oxygen atoms in total. The van der Waals surface area contributed by atoms with Gasteiger partial charge in [-0.2, -0.15) is 10.1 Å². The zero-order valence-corrected chi connectivity index (χ0v) is 24.5. The number of fused-ring (bicyclic) bond motifs is 1. The van der Waals surface area contributed by atoms with Crippen LogP contribution in [0.2, 0.25) is 0 Å². The minimum Gasteiger partial charge on any atom is -0.462 e. The summed E-state index contributed by atoms with van der Waals surface area (Å²) in [5.74, 6) is -4.16. The lowest BCUT2D eigenvalue weighted by molar-refractivity contribution is -0.202. The van der Waals surface area contributed by atoms with Crippen LogP contribution in [-0.4, -0.2) is 74.1 Å². The number of ether oxygens (including phenoxy) is 3. The highest BCUT2D eigenvalue weighted by Gasteiger charge is 2.65. The van der Waals surface area contributed by atoms with E-state index in [4.69, 9.17) is 29.0 Å². The van der Waals surface area contributed by atoms with Crippen LogP contribution in [-0.2, 0) is 34.7 Å². The molecule has 0 amide bonds. The highest BCUT2D eigenvalue weighted by Crippen LogP contribution is 2.52. The van der Waals surface area contributed by atoms with Crippen molar-refractivity contribution < 1.29 is 46.5 Å². The number of aliphatic hydroxyl groups excluding tert-OH is 1. The highest BCUT2D eigenvalue weighted by molar-refractivity contribution is 7.52. The Hall–Kier alpha value is -3.27. The Morgan fingerprint density at radius 2 is 1.95 bits per heavy atom. The number of nitrogen functional groups attached to an aromatic ring is 1. The number of esters is 1. The van der Waals surface area contributed by atoms with Crippen molar-refractivity contribution in [3.63, 3.8) is 0 Å². The minimum atomic E-state index is -4.57. The van der Waals surface area contributed by atoms with Gasteiger partial charge in [-0.1, -0.05) is 18.2 Å². The number of hydrogen-bond donors (Lipinski definition) is 3. The lowest BCUT2D eigenvalue weighted by Crippen LogP contribution is -2.47. The molecule has 1 unspecified atom stereocenters. The van der Waals surface area contributed by atoms with Crippen LogP contribution >= 0.6 is 7.75 Å². The third-order valence-electron chi connectivity index (χ3n) is 6.24. The molecule has 1 fully saturated rings. The van der Waals surface area contributed by atoms with E-state index >= 15 is 8.78 Å². The van der Waals surface area contributed by atoms with Crippen LogP contribution in [0, 0.1) is 0 Å². The smallest absolute Gasteiger partial charge is 0.459 e. The molecule has 0 bridgehead atoms. The van der Waals surface area contributed by atoms with Gasteiger partial charge >= 0.3 is 13.7 Å². The van der Waals surface area contributed by atoms with Gasteiger partial charge in [0.1, 0.15) is 23.9 Å². The van der Waals surface area contributed by atoms with Crippen molar-refractivity contribution in [2.45, 2.75) is 70.3 Å². The zero-order chi connectivity index (χ0) is 30.9. The molecule has 0 spiro atoms. The second-order valence-corrected chi connectivity index (χ2v) is 11.8.